The van der Waals surface area contributed by atoms with Crippen molar-refractivity contribution in [2.24, 2.45) is 5.92 Å². The molecular formula is C9H17NO2. The Kier molecular flexibility index (Phi) is 2.95. The number of ether oxygens (including phenoxy) is 1. The van der Waals surface area contributed by atoms with Gasteiger partial charge in [0.1, 0.15) is 0 Å². The molecule has 0 saturated carbocycles. The predicted octanol–water partition coefficient (Wildman–Crippen LogP) is 1.87. The maximum Gasteiger partial charge on any atom is 0.410 e. The quantitative estimate of drug-likeness (QED) is 0.602. The molecule has 0 radical (unpaired) electrons. The van der Waals surface area contributed by atoms with Crippen molar-refractivity contribution in [3.63, 3.8) is 0 Å². The summed E-state index contributed by atoms with van der Waals surface area (Å²) in [5.41, 5.74) is 0. The van der Waals surface area contributed by atoms with E-state index in [1.807, 2.05) is 13.8 Å². The van der Waals surface area contributed by atoms with Gasteiger partial charge < -0.3 is 9.64 Å². The number of amides is 1. The van der Waals surface area contributed by atoms with Crippen LogP contribution in [0.5, 0.6) is 0 Å². The van der Waals surface area contributed by atoms with E-state index >= 15 is 0 Å². The number of rotatable bonds is 1. The van der Waals surface area contributed by atoms with Gasteiger partial charge in [-0.3, -0.25) is 0 Å². The molecule has 12 heavy (non-hydrogen) atoms. The van der Waals surface area contributed by atoms with Crippen LogP contribution in [0.15, 0.2) is 0 Å². The zero-order valence-electron chi connectivity index (χ0n) is 8.04. The Hall–Kier alpha value is -0.730. The maximum atomic E-state index is 11.3. The van der Waals surface area contributed by atoms with Crippen LogP contribution in [0.25, 0.3) is 0 Å². The molecule has 1 saturated heterocycles. The van der Waals surface area contributed by atoms with Gasteiger partial charge in [0, 0.05) is 13.1 Å². The first-order valence-electron chi connectivity index (χ1n) is 4.55. The van der Waals surface area contributed by atoms with Gasteiger partial charge in [-0.2, -0.15) is 0 Å². The molecule has 1 fully saturated rings. The first-order chi connectivity index (χ1) is 5.59. The van der Waals surface area contributed by atoms with Gasteiger partial charge >= 0.3 is 6.09 Å². The lowest BCUT2D eigenvalue weighted by molar-refractivity contribution is 0.0828. The average Bonchev–Trinajstić information content (AvgIpc) is 2.34. The maximum absolute atomic E-state index is 11.3. The van der Waals surface area contributed by atoms with Crippen LogP contribution >= 0.6 is 0 Å². The highest BCUT2D eigenvalue weighted by Gasteiger charge is 2.24. The van der Waals surface area contributed by atoms with Crippen molar-refractivity contribution in [1.82, 2.24) is 4.90 Å². The lowest BCUT2D eigenvalue weighted by Gasteiger charge is -2.17. The number of carbonyl (C=O) groups excluding carboxylic acids is 1. The summed E-state index contributed by atoms with van der Waals surface area (Å²) < 4.78 is 5.07. The van der Waals surface area contributed by atoms with Gasteiger partial charge in [-0.25, -0.2) is 4.79 Å². The van der Waals surface area contributed by atoms with Crippen molar-refractivity contribution in [2.45, 2.75) is 33.3 Å². The molecule has 0 bridgehead atoms. The zero-order chi connectivity index (χ0) is 9.14. The van der Waals surface area contributed by atoms with Gasteiger partial charge in [-0.05, 0) is 26.2 Å². The van der Waals surface area contributed by atoms with E-state index in [-0.39, 0.29) is 12.2 Å². The van der Waals surface area contributed by atoms with Gasteiger partial charge in [0.2, 0.25) is 0 Å². The number of nitrogens with zero attached hydrogens (tertiary/aromatic N) is 1. The summed E-state index contributed by atoms with van der Waals surface area (Å²) in [6, 6.07) is 0. The summed E-state index contributed by atoms with van der Waals surface area (Å²) in [5, 5.41) is 0. The van der Waals surface area contributed by atoms with Crippen molar-refractivity contribution < 1.29 is 9.53 Å². The molecule has 0 N–H and O–H groups in total. The number of hydrogen-bond donors (Lipinski definition) is 0. The third kappa shape index (κ3) is 2.40. The molecule has 0 aromatic heterocycles. The molecule has 3 heteroatoms. The highest BCUT2D eigenvalue weighted by atomic mass is 16.6. The van der Waals surface area contributed by atoms with Crippen LogP contribution in [0.2, 0.25) is 0 Å². The van der Waals surface area contributed by atoms with Crippen LogP contribution in [-0.4, -0.2) is 30.2 Å². The average molecular weight is 171 g/mol. The third-order valence-electron chi connectivity index (χ3n) is 2.02. The fourth-order valence-electron chi connectivity index (χ4n) is 1.38. The Morgan fingerprint density at radius 2 is 2.25 bits per heavy atom. The molecule has 1 amide bonds. The topological polar surface area (TPSA) is 29.5 Å². The second-order valence-electron chi connectivity index (χ2n) is 3.77. The van der Waals surface area contributed by atoms with E-state index < -0.39 is 0 Å². The largest absolute Gasteiger partial charge is 0.447 e. The molecule has 0 aromatic rings. The SMILES string of the molecule is CC(C)OC(=O)N1CC[C@H](C)C1. The molecule has 1 aliphatic heterocycles. The van der Waals surface area contributed by atoms with Crippen LogP contribution in [0.3, 0.4) is 0 Å². The van der Waals surface area contributed by atoms with Crippen molar-refractivity contribution in [3.05, 3.63) is 0 Å². The summed E-state index contributed by atoms with van der Waals surface area (Å²) in [5.74, 6) is 0.629. The van der Waals surface area contributed by atoms with Gasteiger partial charge in [0.05, 0.1) is 6.10 Å². The normalized spacial score (nSPS) is 23.3. The summed E-state index contributed by atoms with van der Waals surface area (Å²) in [6.45, 7) is 7.61. The molecule has 1 atom stereocenters. The molecule has 0 unspecified atom stereocenters. The molecule has 70 valence electrons. The minimum absolute atomic E-state index is 0.00611. The molecule has 1 rings (SSSR count). The molecule has 0 spiro atoms. The Labute approximate surface area is 73.7 Å². The summed E-state index contributed by atoms with van der Waals surface area (Å²) in [7, 11) is 0. The Morgan fingerprint density at radius 1 is 1.58 bits per heavy atom. The number of hydrogen-bond acceptors (Lipinski definition) is 2. The van der Waals surface area contributed by atoms with E-state index in [0.717, 1.165) is 19.5 Å². The monoisotopic (exact) mass is 171 g/mol. The van der Waals surface area contributed by atoms with Crippen molar-refractivity contribution >= 4 is 6.09 Å². The van der Waals surface area contributed by atoms with Crippen molar-refractivity contribution in [1.29, 1.82) is 0 Å². The Morgan fingerprint density at radius 3 is 2.67 bits per heavy atom. The highest BCUT2D eigenvalue weighted by molar-refractivity contribution is 5.68. The molecule has 3 nitrogen and oxygen atoms in total. The van der Waals surface area contributed by atoms with Crippen LogP contribution < -0.4 is 0 Å². The van der Waals surface area contributed by atoms with Crippen molar-refractivity contribution in [2.75, 3.05) is 13.1 Å². The minimum atomic E-state index is -0.158. The first-order valence-corrected chi connectivity index (χ1v) is 4.55. The third-order valence-corrected chi connectivity index (χ3v) is 2.02. The highest BCUT2D eigenvalue weighted by Crippen LogP contribution is 2.16. The second-order valence-corrected chi connectivity index (χ2v) is 3.77. The molecule has 1 heterocycles. The van der Waals surface area contributed by atoms with Gasteiger partial charge in [0.15, 0.2) is 0 Å². The van der Waals surface area contributed by atoms with E-state index in [0.29, 0.717) is 5.92 Å². The van der Waals surface area contributed by atoms with Gasteiger partial charge in [-0.15, -0.1) is 0 Å². The number of carbonyl (C=O) groups is 1. The standard InChI is InChI=1S/C9H17NO2/c1-7(2)12-9(11)10-5-4-8(3)6-10/h7-8H,4-6H2,1-3H3/t8-/m0/s1. The van der Waals surface area contributed by atoms with Gasteiger partial charge in [0.25, 0.3) is 0 Å². The first kappa shape index (κ1) is 9.36. The molecular weight excluding hydrogens is 154 g/mol. The van der Waals surface area contributed by atoms with E-state index in [2.05, 4.69) is 6.92 Å². The van der Waals surface area contributed by atoms with Crippen LogP contribution in [-0.2, 0) is 4.74 Å². The predicted molar refractivity (Wildman–Crippen MR) is 47.0 cm³/mol. The smallest absolute Gasteiger partial charge is 0.410 e. The van der Waals surface area contributed by atoms with Crippen LogP contribution in [0, 0.1) is 5.92 Å². The lowest BCUT2D eigenvalue weighted by atomic mass is 10.2. The lowest BCUT2D eigenvalue weighted by Crippen LogP contribution is -2.30. The summed E-state index contributed by atoms with van der Waals surface area (Å²) >= 11 is 0. The minimum Gasteiger partial charge on any atom is -0.447 e. The van der Waals surface area contributed by atoms with Crippen molar-refractivity contribution in [3.8, 4) is 0 Å². The molecule has 0 aromatic carbocycles. The van der Waals surface area contributed by atoms with Crippen LogP contribution in [0.4, 0.5) is 4.79 Å². The van der Waals surface area contributed by atoms with Crippen LogP contribution in [0.1, 0.15) is 27.2 Å². The number of likely N-dealkylation sites (tertiary alicyclic amines) is 1. The fraction of sp³-hybridized carbons (Fsp3) is 0.889. The van der Waals surface area contributed by atoms with E-state index in [1.54, 1.807) is 4.90 Å². The Bertz CT molecular complexity index is 168. The molecule has 0 aliphatic carbocycles. The molecule has 1 aliphatic rings. The zero-order valence-corrected chi connectivity index (χ0v) is 8.04. The second kappa shape index (κ2) is 3.78. The van der Waals surface area contributed by atoms with E-state index in [1.165, 1.54) is 0 Å². The Balaban J connectivity index is 2.33. The van der Waals surface area contributed by atoms with E-state index in [9.17, 15) is 4.79 Å². The summed E-state index contributed by atoms with van der Waals surface area (Å²) in [4.78, 5) is 13.1. The van der Waals surface area contributed by atoms with E-state index in [4.69, 9.17) is 4.74 Å². The summed E-state index contributed by atoms with van der Waals surface area (Å²) in [6.07, 6.45) is 0.940. The van der Waals surface area contributed by atoms with Gasteiger partial charge in [-0.1, -0.05) is 6.92 Å². The fourth-order valence-corrected chi connectivity index (χ4v) is 1.38.